The van der Waals surface area contributed by atoms with Gasteiger partial charge in [0.1, 0.15) is 0 Å². The van der Waals surface area contributed by atoms with Crippen LogP contribution in [0.1, 0.15) is 12.8 Å². The van der Waals surface area contributed by atoms with Gasteiger partial charge in [-0.3, -0.25) is 10.2 Å². The molecule has 0 aromatic heterocycles. The maximum absolute atomic E-state index is 11.1. The minimum absolute atomic E-state index is 0.248. The molecule has 2 amide bonds. The van der Waals surface area contributed by atoms with Gasteiger partial charge in [-0.05, 0) is 12.8 Å². The smallest absolute Gasteiger partial charge is 0.407 e. The van der Waals surface area contributed by atoms with Gasteiger partial charge in [0, 0.05) is 13.1 Å². The number of piperidine rings is 1. The van der Waals surface area contributed by atoms with Gasteiger partial charge in [0.15, 0.2) is 0 Å². The van der Waals surface area contributed by atoms with Crippen molar-refractivity contribution in [3.63, 3.8) is 0 Å². The van der Waals surface area contributed by atoms with E-state index >= 15 is 0 Å². The van der Waals surface area contributed by atoms with Crippen molar-refractivity contribution in [2.24, 2.45) is 11.8 Å². The summed E-state index contributed by atoms with van der Waals surface area (Å²) in [5, 5.41) is 8.67. The van der Waals surface area contributed by atoms with E-state index in [1.165, 1.54) is 4.90 Å². The number of carboxylic acid groups (broad SMARTS) is 1. The predicted octanol–water partition coefficient (Wildman–Crippen LogP) is -0.634. The molecule has 1 fully saturated rings. The number of nitrogens with zero attached hydrogens (tertiary/aromatic N) is 1. The van der Waals surface area contributed by atoms with E-state index in [-0.39, 0.29) is 18.4 Å². The molecule has 0 radical (unpaired) electrons. The largest absolute Gasteiger partial charge is 0.465 e. The minimum Gasteiger partial charge on any atom is -0.465 e. The summed E-state index contributed by atoms with van der Waals surface area (Å²) >= 11 is 0. The lowest BCUT2D eigenvalue weighted by atomic mass is 9.98. The molecule has 6 nitrogen and oxygen atoms in total. The Balaban J connectivity index is 2.51. The number of rotatable bonds is 1. The molecule has 0 spiro atoms. The zero-order chi connectivity index (χ0) is 9.84. The summed E-state index contributed by atoms with van der Waals surface area (Å²) in [6, 6.07) is 0. The number of hydrogen-bond donors (Lipinski definition) is 3. The number of nitrogens with one attached hydrogen (secondary N) is 1. The van der Waals surface area contributed by atoms with Crippen molar-refractivity contribution < 1.29 is 14.7 Å². The molecule has 0 aromatic rings. The maximum atomic E-state index is 11.1. The second-order valence-electron chi connectivity index (χ2n) is 3.08. The molecule has 13 heavy (non-hydrogen) atoms. The third-order valence-electron chi connectivity index (χ3n) is 2.20. The lowest BCUT2D eigenvalue weighted by molar-refractivity contribution is -0.126. The zero-order valence-electron chi connectivity index (χ0n) is 7.19. The topological polar surface area (TPSA) is 95.7 Å². The van der Waals surface area contributed by atoms with Crippen molar-refractivity contribution in [3.8, 4) is 0 Å². The number of nitrogens with two attached hydrogens (primary N) is 1. The highest BCUT2D eigenvalue weighted by Gasteiger charge is 2.27. The van der Waals surface area contributed by atoms with E-state index in [9.17, 15) is 9.59 Å². The number of hydrazine groups is 1. The van der Waals surface area contributed by atoms with Gasteiger partial charge in [0.05, 0.1) is 5.92 Å². The molecule has 0 saturated carbocycles. The van der Waals surface area contributed by atoms with Gasteiger partial charge in [-0.25, -0.2) is 10.6 Å². The fourth-order valence-corrected chi connectivity index (χ4v) is 1.48. The summed E-state index contributed by atoms with van der Waals surface area (Å²) in [6.07, 6.45) is 0.437. The molecular weight excluding hydrogens is 174 g/mol. The Hall–Kier alpha value is -1.30. The quantitative estimate of drug-likeness (QED) is 0.289. The standard InChI is InChI=1S/C7H13N3O3/c8-9-6(11)5-2-1-3-10(4-5)7(12)13/h5H,1-4,8H2,(H,9,11)(H,12,13)/t5-/m0/s1. The fraction of sp³-hybridized carbons (Fsp3) is 0.714. The molecule has 1 saturated heterocycles. The lowest BCUT2D eigenvalue weighted by Crippen LogP contribution is -2.46. The van der Waals surface area contributed by atoms with Gasteiger partial charge >= 0.3 is 6.09 Å². The van der Waals surface area contributed by atoms with Crippen LogP contribution in [0.15, 0.2) is 0 Å². The van der Waals surface area contributed by atoms with Gasteiger partial charge in [-0.1, -0.05) is 0 Å². The average Bonchev–Trinajstić information content (AvgIpc) is 2.17. The maximum Gasteiger partial charge on any atom is 0.407 e. The molecule has 74 valence electrons. The zero-order valence-corrected chi connectivity index (χ0v) is 7.19. The Morgan fingerprint density at radius 3 is 2.77 bits per heavy atom. The van der Waals surface area contributed by atoms with Crippen molar-refractivity contribution in [1.82, 2.24) is 10.3 Å². The van der Waals surface area contributed by atoms with E-state index in [0.29, 0.717) is 19.4 Å². The highest BCUT2D eigenvalue weighted by molar-refractivity contribution is 5.79. The highest BCUT2D eigenvalue weighted by Crippen LogP contribution is 2.16. The summed E-state index contributed by atoms with van der Waals surface area (Å²) in [4.78, 5) is 22.9. The van der Waals surface area contributed by atoms with Gasteiger partial charge < -0.3 is 10.0 Å². The minimum atomic E-state index is -0.977. The van der Waals surface area contributed by atoms with Crippen molar-refractivity contribution >= 4 is 12.0 Å². The molecular formula is C7H13N3O3. The van der Waals surface area contributed by atoms with Gasteiger partial charge in [0.25, 0.3) is 0 Å². The van der Waals surface area contributed by atoms with Crippen LogP contribution in [0.5, 0.6) is 0 Å². The van der Waals surface area contributed by atoms with Crippen molar-refractivity contribution in [2.75, 3.05) is 13.1 Å². The second-order valence-corrected chi connectivity index (χ2v) is 3.08. The number of hydrogen-bond acceptors (Lipinski definition) is 3. The first-order chi connectivity index (χ1) is 6.15. The van der Waals surface area contributed by atoms with Crippen LogP contribution in [0.4, 0.5) is 4.79 Å². The van der Waals surface area contributed by atoms with Crippen LogP contribution in [0.2, 0.25) is 0 Å². The number of carbonyl (C=O) groups excluding carboxylic acids is 1. The van der Waals surface area contributed by atoms with E-state index in [0.717, 1.165) is 0 Å². The van der Waals surface area contributed by atoms with Gasteiger partial charge in [-0.15, -0.1) is 0 Å². The molecule has 1 aliphatic heterocycles. The van der Waals surface area contributed by atoms with Gasteiger partial charge in [0.2, 0.25) is 5.91 Å². The summed E-state index contributed by atoms with van der Waals surface area (Å²) in [5.41, 5.74) is 2.04. The molecule has 0 aliphatic carbocycles. The van der Waals surface area contributed by atoms with Crippen molar-refractivity contribution in [1.29, 1.82) is 0 Å². The first-order valence-electron chi connectivity index (χ1n) is 4.13. The SMILES string of the molecule is NNC(=O)[C@H]1CCCN(C(=O)O)C1. The molecule has 4 N–H and O–H groups in total. The van der Waals surface area contributed by atoms with E-state index in [2.05, 4.69) is 0 Å². The Kier molecular flexibility index (Phi) is 3.07. The first-order valence-corrected chi connectivity index (χ1v) is 4.13. The fourth-order valence-electron chi connectivity index (χ4n) is 1.48. The third-order valence-corrected chi connectivity index (χ3v) is 2.20. The molecule has 1 rings (SSSR count). The Labute approximate surface area is 75.7 Å². The first kappa shape index (κ1) is 9.79. The van der Waals surface area contributed by atoms with Crippen LogP contribution >= 0.6 is 0 Å². The predicted molar refractivity (Wildman–Crippen MR) is 44.7 cm³/mol. The average molecular weight is 187 g/mol. The van der Waals surface area contributed by atoms with Crippen LogP contribution in [-0.4, -0.2) is 35.1 Å². The lowest BCUT2D eigenvalue weighted by Gasteiger charge is -2.29. The molecule has 1 heterocycles. The number of amides is 2. The van der Waals surface area contributed by atoms with Crippen molar-refractivity contribution in [3.05, 3.63) is 0 Å². The van der Waals surface area contributed by atoms with Gasteiger partial charge in [-0.2, -0.15) is 0 Å². The normalized spacial score (nSPS) is 22.5. The summed E-state index contributed by atoms with van der Waals surface area (Å²) in [7, 11) is 0. The van der Waals surface area contributed by atoms with E-state index in [1.807, 2.05) is 5.43 Å². The van der Waals surface area contributed by atoms with Crippen LogP contribution < -0.4 is 11.3 Å². The third kappa shape index (κ3) is 2.32. The number of likely N-dealkylation sites (tertiary alicyclic amines) is 1. The Morgan fingerprint density at radius 1 is 1.54 bits per heavy atom. The Morgan fingerprint density at radius 2 is 2.23 bits per heavy atom. The second kappa shape index (κ2) is 4.08. The van der Waals surface area contributed by atoms with Crippen LogP contribution in [-0.2, 0) is 4.79 Å². The molecule has 0 unspecified atom stereocenters. The summed E-state index contributed by atoms with van der Waals surface area (Å²) in [5.74, 6) is 4.38. The highest BCUT2D eigenvalue weighted by atomic mass is 16.4. The van der Waals surface area contributed by atoms with Crippen LogP contribution in [0, 0.1) is 5.92 Å². The summed E-state index contributed by atoms with van der Waals surface area (Å²) < 4.78 is 0. The van der Waals surface area contributed by atoms with E-state index in [4.69, 9.17) is 10.9 Å². The number of carbonyl (C=O) groups is 2. The molecule has 0 aromatic carbocycles. The molecule has 6 heteroatoms. The molecule has 0 bridgehead atoms. The van der Waals surface area contributed by atoms with E-state index in [1.54, 1.807) is 0 Å². The molecule has 1 aliphatic rings. The summed E-state index contributed by atoms with van der Waals surface area (Å²) in [6.45, 7) is 0.752. The van der Waals surface area contributed by atoms with E-state index < -0.39 is 6.09 Å². The monoisotopic (exact) mass is 187 g/mol. The molecule has 1 atom stereocenters. The van der Waals surface area contributed by atoms with Crippen LogP contribution in [0.3, 0.4) is 0 Å². The van der Waals surface area contributed by atoms with Crippen molar-refractivity contribution in [2.45, 2.75) is 12.8 Å². The Bertz CT molecular complexity index is 219. The van der Waals surface area contributed by atoms with Crippen LogP contribution in [0.25, 0.3) is 0 Å².